The molecule has 0 saturated heterocycles. The average molecular weight is 834 g/mol. The van der Waals surface area contributed by atoms with Crippen LogP contribution in [0.3, 0.4) is 0 Å². The van der Waals surface area contributed by atoms with Gasteiger partial charge in [0.05, 0.1) is 5.69 Å². The molecule has 2 heterocycles. The van der Waals surface area contributed by atoms with E-state index < -0.39 is 0 Å². The van der Waals surface area contributed by atoms with E-state index in [0.717, 1.165) is 76.2 Å². The summed E-state index contributed by atoms with van der Waals surface area (Å²) in [5, 5.41) is 15.8. The number of ketones is 1. The molecule has 0 bridgehead atoms. The fraction of sp³-hybridized carbons (Fsp3) is 0.372. The van der Waals surface area contributed by atoms with Crippen molar-refractivity contribution in [1.82, 2.24) is 9.97 Å². The van der Waals surface area contributed by atoms with Gasteiger partial charge in [0.1, 0.15) is 28.8 Å². The number of aliphatic hydroxyl groups excluding tert-OH is 1. The number of benzene rings is 4. The summed E-state index contributed by atoms with van der Waals surface area (Å²) < 4.78 is 6.33. The molecule has 5 nitrogen and oxygen atoms in total. The van der Waals surface area contributed by atoms with Crippen molar-refractivity contribution in [3.63, 3.8) is 0 Å². The molecule has 259 valence electrons. The molecule has 0 fully saturated rings. The number of fused-ring (bicyclic) bond motifs is 5. The summed E-state index contributed by atoms with van der Waals surface area (Å²) in [6, 6.07) is 26.8. The number of carbonyl (C=O) groups is 1. The summed E-state index contributed by atoms with van der Waals surface area (Å²) >= 11 is 0. The van der Waals surface area contributed by atoms with Gasteiger partial charge in [0, 0.05) is 42.4 Å². The van der Waals surface area contributed by atoms with Gasteiger partial charge < -0.3 is 9.52 Å². The Kier molecular flexibility index (Phi) is 12.2. The third kappa shape index (κ3) is 7.82. The standard InChI is InChI=1S/C28H21N2O.C15H28O2.Ir/c1-17(2)11-21-13-22(12-20-9-5-6-10-23(20)21)26-28-27(30-16-29-26)24-14-18-7-3-4-8-19(18)15-25(24)31-28;1-7-14(5,8-2)12(16)11-13(17)15(6,9-3)10-4;/h3-10,13-17H,11H2,1-2H3;11,16H,7-10H2,1-6H3;/q-1;;/b;12-11-;. The van der Waals surface area contributed by atoms with Crippen molar-refractivity contribution in [2.75, 3.05) is 0 Å². The zero-order chi connectivity index (χ0) is 34.6. The van der Waals surface area contributed by atoms with Crippen LogP contribution in [0.1, 0.15) is 86.6 Å². The maximum atomic E-state index is 12.2. The molecule has 0 aliphatic carbocycles. The van der Waals surface area contributed by atoms with Crippen molar-refractivity contribution in [1.29, 1.82) is 0 Å². The number of carbonyl (C=O) groups excluding carboxylic acids is 1. The minimum absolute atomic E-state index is 0. The van der Waals surface area contributed by atoms with Gasteiger partial charge >= 0.3 is 0 Å². The maximum absolute atomic E-state index is 12.2. The largest absolute Gasteiger partial charge is 0.512 e. The zero-order valence-corrected chi connectivity index (χ0v) is 32.5. The van der Waals surface area contributed by atoms with Gasteiger partial charge in [-0.05, 0) is 60.9 Å². The van der Waals surface area contributed by atoms with Crippen LogP contribution in [0.15, 0.2) is 89.3 Å². The first-order valence-electron chi connectivity index (χ1n) is 17.4. The second-order valence-corrected chi connectivity index (χ2v) is 14.0. The summed E-state index contributed by atoms with van der Waals surface area (Å²) in [6.07, 6.45) is 7.39. The molecule has 49 heavy (non-hydrogen) atoms. The Morgan fingerprint density at radius 1 is 0.857 bits per heavy atom. The van der Waals surface area contributed by atoms with Crippen molar-refractivity contribution in [3.8, 4) is 11.3 Å². The number of hydrogen-bond donors (Lipinski definition) is 1. The molecule has 6 aromatic rings. The molecule has 6 heteroatoms. The third-order valence-electron chi connectivity index (χ3n) is 10.5. The van der Waals surface area contributed by atoms with Crippen molar-refractivity contribution in [2.24, 2.45) is 16.7 Å². The van der Waals surface area contributed by atoms with Gasteiger partial charge in [-0.1, -0.05) is 109 Å². The summed E-state index contributed by atoms with van der Waals surface area (Å²) in [5.41, 5.74) is 4.85. The van der Waals surface area contributed by atoms with E-state index in [-0.39, 0.29) is 42.5 Å². The smallest absolute Gasteiger partial charge is 0.164 e. The van der Waals surface area contributed by atoms with E-state index in [4.69, 9.17) is 4.42 Å². The van der Waals surface area contributed by atoms with E-state index in [1.807, 2.05) is 47.6 Å². The number of nitrogens with zero attached hydrogens (tertiary/aromatic N) is 2. The van der Waals surface area contributed by atoms with Gasteiger partial charge in [0.25, 0.3) is 0 Å². The molecule has 1 N–H and O–H groups in total. The molecular formula is C43H49IrN2O3-. The second kappa shape index (κ2) is 15.8. The molecule has 6 rings (SSSR count). The molecule has 1 radical (unpaired) electrons. The Morgan fingerprint density at radius 2 is 1.47 bits per heavy atom. The summed E-state index contributed by atoms with van der Waals surface area (Å²) in [4.78, 5) is 21.4. The molecule has 2 aromatic heterocycles. The minimum atomic E-state index is -0.337. The molecule has 0 unspecified atom stereocenters. The molecule has 0 spiro atoms. The van der Waals surface area contributed by atoms with Crippen LogP contribution in [0.4, 0.5) is 0 Å². The minimum Gasteiger partial charge on any atom is -0.512 e. The third-order valence-corrected chi connectivity index (χ3v) is 10.5. The van der Waals surface area contributed by atoms with Crippen LogP contribution >= 0.6 is 0 Å². The van der Waals surface area contributed by atoms with Crippen LogP contribution in [-0.4, -0.2) is 20.9 Å². The molecular weight excluding hydrogens is 785 g/mol. The van der Waals surface area contributed by atoms with Gasteiger partial charge in [0.2, 0.25) is 0 Å². The molecule has 4 aromatic carbocycles. The van der Waals surface area contributed by atoms with Crippen LogP contribution in [0.5, 0.6) is 0 Å². The quantitative estimate of drug-likeness (QED) is 0.0845. The number of hydrogen-bond acceptors (Lipinski definition) is 5. The first-order chi connectivity index (χ1) is 23.0. The molecule has 0 aliphatic rings. The van der Waals surface area contributed by atoms with E-state index >= 15 is 0 Å². The number of aliphatic hydroxyl groups is 1. The van der Waals surface area contributed by atoms with Gasteiger partial charge in [-0.3, -0.25) is 9.78 Å². The first-order valence-corrected chi connectivity index (χ1v) is 17.4. The van der Waals surface area contributed by atoms with Gasteiger partial charge in [0.15, 0.2) is 5.78 Å². The van der Waals surface area contributed by atoms with Crippen LogP contribution in [0.2, 0.25) is 0 Å². The Bertz CT molecular complexity index is 2100. The van der Waals surface area contributed by atoms with Gasteiger partial charge in [-0.2, -0.15) is 0 Å². The SMILES string of the molecule is CC(C)Cc1cc(-c2ncnc3c2oc2cc4ccccc4cc23)[c-]c2ccccc12.CCC(C)(CC)C(=O)/C=C(\O)C(C)(CC)CC.[Ir]. The van der Waals surface area contributed by atoms with Gasteiger partial charge in [-0.15, -0.1) is 29.1 Å². The van der Waals surface area contributed by atoms with E-state index in [0.29, 0.717) is 5.92 Å². The Balaban J connectivity index is 0.000000260. The molecule has 0 atom stereocenters. The molecule has 0 aliphatic heterocycles. The van der Waals surface area contributed by atoms with Crippen LogP contribution in [0, 0.1) is 22.8 Å². The fourth-order valence-electron chi connectivity index (χ4n) is 6.18. The second-order valence-electron chi connectivity index (χ2n) is 14.0. The normalized spacial score (nSPS) is 12.4. The first kappa shape index (κ1) is 37.9. The van der Waals surface area contributed by atoms with E-state index in [1.54, 1.807) is 6.33 Å². The van der Waals surface area contributed by atoms with Crippen molar-refractivity contribution < 1.29 is 34.4 Å². The fourth-order valence-corrected chi connectivity index (χ4v) is 6.18. The van der Waals surface area contributed by atoms with Crippen molar-refractivity contribution in [2.45, 2.75) is 87.5 Å². The molecule has 0 amide bonds. The Hall–Kier alpha value is -3.86. The Morgan fingerprint density at radius 3 is 2.10 bits per heavy atom. The number of aromatic nitrogens is 2. The predicted molar refractivity (Wildman–Crippen MR) is 200 cm³/mol. The summed E-state index contributed by atoms with van der Waals surface area (Å²) in [5.74, 6) is 0.844. The number of furan rings is 1. The van der Waals surface area contributed by atoms with E-state index in [2.05, 4.69) is 90.5 Å². The predicted octanol–water partition coefficient (Wildman–Crippen LogP) is 12.0. The maximum Gasteiger partial charge on any atom is 0.164 e. The topological polar surface area (TPSA) is 76.2 Å². The van der Waals surface area contributed by atoms with Crippen LogP contribution in [-0.2, 0) is 31.3 Å². The number of allylic oxidation sites excluding steroid dienone is 2. The van der Waals surface area contributed by atoms with Crippen LogP contribution < -0.4 is 0 Å². The Labute approximate surface area is 304 Å². The van der Waals surface area contributed by atoms with Gasteiger partial charge in [-0.25, -0.2) is 4.98 Å². The zero-order valence-electron chi connectivity index (χ0n) is 30.1. The monoisotopic (exact) mass is 834 g/mol. The summed E-state index contributed by atoms with van der Waals surface area (Å²) in [6.45, 7) is 16.6. The summed E-state index contributed by atoms with van der Waals surface area (Å²) in [7, 11) is 0. The molecule has 0 saturated carbocycles. The van der Waals surface area contributed by atoms with E-state index in [9.17, 15) is 9.90 Å². The van der Waals surface area contributed by atoms with Crippen molar-refractivity contribution >= 4 is 49.4 Å². The average Bonchev–Trinajstić information content (AvgIpc) is 3.47. The number of rotatable bonds is 10. The van der Waals surface area contributed by atoms with Crippen molar-refractivity contribution in [3.05, 3.63) is 96.5 Å². The van der Waals surface area contributed by atoms with Crippen LogP contribution in [0.25, 0.3) is 54.9 Å². The van der Waals surface area contributed by atoms with E-state index in [1.165, 1.54) is 22.4 Å².